The van der Waals surface area contributed by atoms with Gasteiger partial charge < -0.3 is 10.1 Å². The van der Waals surface area contributed by atoms with Crippen LogP contribution in [-0.2, 0) is 14.3 Å². The van der Waals surface area contributed by atoms with Crippen LogP contribution in [0.2, 0.25) is 0 Å². The van der Waals surface area contributed by atoms with Gasteiger partial charge in [-0.25, -0.2) is 4.39 Å². The molecule has 1 aliphatic heterocycles. The third-order valence-corrected chi connectivity index (χ3v) is 8.80. The lowest BCUT2D eigenvalue weighted by atomic mass is 9.56. The highest BCUT2D eigenvalue weighted by Gasteiger charge is 2.54. The molecule has 4 nitrogen and oxygen atoms in total. The fourth-order valence-electron chi connectivity index (χ4n) is 7.33. The van der Waals surface area contributed by atoms with Crippen molar-refractivity contribution in [1.82, 2.24) is 5.32 Å². The molecule has 4 aliphatic rings. The average molecular weight is 478 g/mol. The number of benzene rings is 1. The number of hydrogen-bond acceptors (Lipinski definition) is 3. The van der Waals surface area contributed by atoms with E-state index in [2.05, 4.69) is 36.5 Å². The van der Waals surface area contributed by atoms with Crippen LogP contribution in [-0.4, -0.2) is 24.0 Å². The summed E-state index contributed by atoms with van der Waals surface area (Å²) in [5.74, 6) is 1.48. The molecule has 2 saturated carbocycles. The number of nitrogens with one attached hydrogen (secondary N) is 1. The van der Waals surface area contributed by atoms with Crippen molar-refractivity contribution in [2.24, 2.45) is 35.5 Å². The molecule has 1 aromatic carbocycles. The zero-order chi connectivity index (χ0) is 24.7. The Kier molecular flexibility index (Phi) is 6.69. The maximum absolute atomic E-state index is 13.7. The Morgan fingerprint density at radius 3 is 2.74 bits per heavy atom. The Labute approximate surface area is 207 Å². The van der Waals surface area contributed by atoms with Crippen molar-refractivity contribution < 1.29 is 18.7 Å². The minimum Gasteiger partial charge on any atom is -0.462 e. The molecule has 1 N–H and O–H groups in total. The van der Waals surface area contributed by atoms with Gasteiger partial charge >= 0.3 is 5.97 Å². The lowest BCUT2D eigenvalue weighted by Crippen LogP contribution is -2.48. The number of carbonyl (C=O) groups is 2. The molecule has 5 rings (SSSR count). The molecule has 186 valence electrons. The molecular weight excluding hydrogens is 441 g/mol. The van der Waals surface area contributed by atoms with E-state index in [1.807, 2.05) is 13.0 Å². The third kappa shape index (κ3) is 4.87. The molecule has 3 aliphatic carbocycles. The van der Waals surface area contributed by atoms with Crippen LogP contribution >= 0.6 is 0 Å². The van der Waals surface area contributed by atoms with Crippen molar-refractivity contribution in [2.45, 2.75) is 65.0 Å². The summed E-state index contributed by atoms with van der Waals surface area (Å²) in [4.78, 5) is 24.3. The van der Waals surface area contributed by atoms with Gasteiger partial charge in [-0.05, 0) is 91.5 Å². The molecule has 3 fully saturated rings. The summed E-state index contributed by atoms with van der Waals surface area (Å²) in [6.07, 6.45) is 13.6. The fraction of sp³-hybridized carbons (Fsp3) is 0.533. The highest BCUT2D eigenvalue weighted by Crippen LogP contribution is 2.53. The number of carbonyl (C=O) groups excluding carboxylic acids is 2. The number of cyclic esters (lactones) is 1. The maximum atomic E-state index is 13.7. The van der Waals surface area contributed by atoms with E-state index in [1.54, 1.807) is 19.1 Å². The Hall–Kier alpha value is -2.69. The Bertz CT molecular complexity index is 1090. The van der Waals surface area contributed by atoms with E-state index in [0.29, 0.717) is 23.7 Å². The van der Waals surface area contributed by atoms with Gasteiger partial charge in [0.05, 0.1) is 5.92 Å². The Morgan fingerprint density at radius 1 is 1.17 bits per heavy atom. The van der Waals surface area contributed by atoms with E-state index in [1.165, 1.54) is 17.2 Å². The largest absolute Gasteiger partial charge is 0.462 e. The molecule has 0 spiro atoms. The lowest BCUT2D eigenvalue weighted by molar-refractivity contribution is -0.144. The summed E-state index contributed by atoms with van der Waals surface area (Å²) >= 11 is 0. The molecule has 8 atom stereocenters. The number of fused-ring (bicyclic) bond motifs is 2. The SMILES string of the molecule is CC(=O)N[C@H]1CC[C@@H]2[C@H](C1)C[C@@H]1C(=O)O[C@H](C)[C@@H]1[C@@H]2/C=C/C1=CC=C(c2cccc(F)c2)C(C)C1. The number of amides is 1. The second-order valence-corrected chi connectivity index (χ2v) is 11.1. The molecule has 5 heteroatoms. The summed E-state index contributed by atoms with van der Waals surface area (Å²) in [6, 6.07) is 7.03. The van der Waals surface area contributed by atoms with E-state index in [-0.39, 0.29) is 41.7 Å². The van der Waals surface area contributed by atoms with Crippen LogP contribution in [0.5, 0.6) is 0 Å². The van der Waals surface area contributed by atoms with Crippen LogP contribution in [0, 0.1) is 41.3 Å². The smallest absolute Gasteiger partial charge is 0.309 e. The number of rotatable bonds is 4. The lowest BCUT2D eigenvalue weighted by Gasteiger charge is -2.47. The standard InChI is InChI=1S/C30H36FNO3/c1-17-13-20(7-10-25(17)21-5-4-6-23(31)14-21)8-11-27-26-12-9-24(32-19(3)33)15-22(26)16-28-29(27)18(2)35-30(28)34/h4-8,10-11,14,17-18,22,24,26-29H,9,12-13,15-16H2,1-3H3,(H,32,33)/b11-8+/t17?,18-,22-,24+,26-,27-,28+,29-/m1/s1. The quantitative estimate of drug-likeness (QED) is 0.554. The molecule has 1 saturated heterocycles. The van der Waals surface area contributed by atoms with E-state index in [9.17, 15) is 14.0 Å². The van der Waals surface area contributed by atoms with Gasteiger partial charge in [0, 0.05) is 18.9 Å². The number of allylic oxidation sites excluding steroid dienone is 6. The summed E-state index contributed by atoms with van der Waals surface area (Å²) in [5, 5.41) is 3.11. The summed E-state index contributed by atoms with van der Waals surface area (Å²) in [6.45, 7) is 5.82. The molecule has 1 aromatic rings. The monoisotopic (exact) mass is 477 g/mol. The van der Waals surface area contributed by atoms with E-state index >= 15 is 0 Å². The van der Waals surface area contributed by atoms with E-state index in [0.717, 1.165) is 37.7 Å². The van der Waals surface area contributed by atoms with Crippen LogP contribution < -0.4 is 5.32 Å². The Balaban J connectivity index is 1.38. The van der Waals surface area contributed by atoms with Gasteiger partial charge in [0.2, 0.25) is 5.91 Å². The van der Waals surface area contributed by atoms with Crippen molar-refractivity contribution in [3.8, 4) is 0 Å². The summed E-state index contributed by atoms with van der Waals surface area (Å²) < 4.78 is 19.5. The van der Waals surface area contributed by atoms with E-state index < -0.39 is 0 Å². The van der Waals surface area contributed by atoms with Gasteiger partial charge in [-0.15, -0.1) is 0 Å². The van der Waals surface area contributed by atoms with Gasteiger partial charge in [0.15, 0.2) is 0 Å². The zero-order valence-electron chi connectivity index (χ0n) is 20.9. The molecule has 0 bridgehead atoms. The normalized spacial score (nSPS) is 36.6. The zero-order valence-corrected chi connectivity index (χ0v) is 20.9. The minimum atomic E-state index is -0.206. The van der Waals surface area contributed by atoms with Gasteiger partial charge in [0.25, 0.3) is 0 Å². The first-order chi connectivity index (χ1) is 16.8. The van der Waals surface area contributed by atoms with Gasteiger partial charge in [-0.2, -0.15) is 0 Å². The second-order valence-electron chi connectivity index (χ2n) is 11.1. The van der Waals surface area contributed by atoms with Crippen LogP contribution in [0.25, 0.3) is 5.57 Å². The molecular formula is C30H36FNO3. The topological polar surface area (TPSA) is 55.4 Å². The molecule has 0 radical (unpaired) electrons. The number of halogens is 1. The molecule has 1 amide bonds. The average Bonchev–Trinajstić information content (AvgIpc) is 3.09. The fourth-order valence-corrected chi connectivity index (χ4v) is 7.33. The van der Waals surface area contributed by atoms with Crippen molar-refractivity contribution in [3.05, 3.63) is 65.5 Å². The summed E-state index contributed by atoms with van der Waals surface area (Å²) in [7, 11) is 0. The predicted molar refractivity (Wildman–Crippen MR) is 134 cm³/mol. The highest BCUT2D eigenvalue weighted by atomic mass is 19.1. The van der Waals surface area contributed by atoms with Crippen molar-refractivity contribution in [1.29, 1.82) is 0 Å². The first-order valence-corrected chi connectivity index (χ1v) is 13.1. The van der Waals surface area contributed by atoms with Gasteiger partial charge in [-0.3, -0.25) is 9.59 Å². The molecule has 35 heavy (non-hydrogen) atoms. The van der Waals surface area contributed by atoms with Gasteiger partial charge in [-0.1, -0.05) is 43.4 Å². The van der Waals surface area contributed by atoms with Gasteiger partial charge in [0.1, 0.15) is 11.9 Å². The predicted octanol–water partition coefficient (Wildman–Crippen LogP) is 5.85. The first-order valence-electron chi connectivity index (χ1n) is 13.1. The number of ether oxygens (including phenoxy) is 1. The summed E-state index contributed by atoms with van der Waals surface area (Å²) in [5.41, 5.74) is 3.38. The maximum Gasteiger partial charge on any atom is 0.309 e. The molecule has 1 heterocycles. The number of hydrogen-bond donors (Lipinski definition) is 1. The van der Waals surface area contributed by atoms with Crippen molar-refractivity contribution >= 4 is 17.4 Å². The Morgan fingerprint density at radius 2 is 2.00 bits per heavy atom. The van der Waals surface area contributed by atoms with Crippen molar-refractivity contribution in [3.63, 3.8) is 0 Å². The van der Waals surface area contributed by atoms with Crippen LogP contribution in [0.1, 0.15) is 58.4 Å². The molecule has 0 aromatic heterocycles. The van der Waals surface area contributed by atoms with E-state index in [4.69, 9.17) is 4.74 Å². The van der Waals surface area contributed by atoms with Crippen molar-refractivity contribution in [2.75, 3.05) is 0 Å². The molecule has 1 unspecified atom stereocenters. The number of esters is 1. The van der Waals surface area contributed by atoms with Crippen LogP contribution in [0.3, 0.4) is 0 Å². The highest BCUT2D eigenvalue weighted by molar-refractivity contribution is 5.76. The van der Waals surface area contributed by atoms with Crippen LogP contribution in [0.15, 0.2) is 54.1 Å². The van der Waals surface area contributed by atoms with Crippen LogP contribution in [0.4, 0.5) is 4.39 Å². The third-order valence-electron chi connectivity index (χ3n) is 8.80. The first kappa shape index (κ1) is 24.0. The second kappa shape index (κ2) is 9.75. The minimum absolute atomic E-state index is 0.0245.